The summed E-state index contributed by atoms with van der Waals surface area (Å²) in [5, 5.41) is 2.72. The van der Waals surface area contributed by atoms with E-state index in [9.17, 15) is 21.6 Å². The van der Waals surface area contributed by atoms with Gasteiger partial charge in [0.15, 0.2) is 0 Å². The van der Waals surface area contributed by atoms with Gasteiger partial charge >= 0.3 is 0 Å². The molecule has 0 aliphatic rings. The molecule has 0 fully saturated rings. The first-order valence-corrected chi connectivity index (χ1v) is 15.9. The number of carbonyl (C=O) groups is 1. The molecule has 8 nitrogen and oxygen atoms in total. The molecule has 1 amide bonds. The minimum Gasteiger partial charge on any atom is -0.322 e. The molecule has 4 aromatic carbocycles. The molecule has 0 saturated carbocycles. The van der Waals surface area contributed by atoms with Crippen LogP contribution in [0.15, 0.2) is 112 Å². The Morgan fingerprint density at radius 3 is 1.97 bits per heavy atom. The number of rotatable bonds is 9. The van der Waals surface area contributed by atoms with Crippen LogP contribution in [0.1, 0.15) is 15.9 Å². The number of nitrogens with one attached hydrogen (secondary N) is 2. The van der Waals surface area contributed by atoms with Crippen molar-refractivity contribution in [3.05, 3.63) is 108 Å². The van der Waals surface area contributed by atoms with E-state index in [1.54, 1.807) is 54.6 Å². The zero-order valence-electron chi connectivity index (χ0n) is 21.5. The summed E-state index contributed by atoms with van der Waals surface area (Å²) in [7, 11) is -6.11. The van der Waals surface area contributed by atoms with Crippen LogP contribution in [-0.2, 0) is 20.0 Å². The molecule has 11 heteroatoms. The van der Waals surface area contributed by atoms with Crippen molar-refractivity contribution < 1.29 is 21.6 Å². The van der Waals surface area contributed by atoms with E-state index in [2.05, 4.69) is 10.0 Å². The number of nitrogens with zero attached hydrogens (tertiary/aromatic N) is 1. The molecular weight excluding hydrogens is 555 g/mol. The number of aryl methyl sites for hydroxylation is 1. The molecule has 39 heavy (non-hydrogen) atoms. The SMILES string of the molecule is CSc1ccc(S(=O)(=O)N(C)c2ccc(C(=O)Nc3ccc(S(=O)(=O)Nc4cccc(C)c4)cc3)cc2)cc1. The molecule has 4 aromatic rings. The number of benzene rings is 4. The van der Waals surface area contributed by atoms with Gasteiger partial charge in [0.2, 0.25) is 0 Å². The van der Waals surface area contributed by atoms with Crippen LogP contribution < -0.4 is 14.3 Å². The Morgan fingerprint density at radius 2 is 1.38 bits per heavy atom. The second-order valence-electron chi connectivity index (χ2n) is 8.65. The number of hydrogen-bond acceptors (Lipinski definition) is 6. The Morgan fingerprint density at radius 1 is 0.769 bits per heavy atom. The van der Waals surface area contributed by atoms with E-state index >= 15 is 0 Å². The zero-order valence-corrected chi connectivity index (χ0v) is 23.9. The van der Waals surface area contributed by atoms with Crippen molar-refractivity contribution >= 4 is 54.8 Å². The number of sulfonamides is 2. The normalized spacial score (nSPS) is 11.6. The van der Waals surface area contributed by atoms with Gasteiger partial charge in [0, 0.05) is 28.9 Å². The summed E-state index contributed by atoms with van der Waals surface area (Å²) >= 11 is 1.52. The van der Waals surface area contributed by atoms with E-state index in [1.165, 1.54) is 55.2 Å². The molecule has 2 N–H and O–H groups in total. The van der Waals surface area contributed by atoms with Crippen LogP contribution in [0.25, 0.3) is 0 Å². The van der Waals surface area contributed by atoms with Crippen molar-refractivity contribution in [2.75, 3.05) is 27.6 Å². The molecule has 0 unspecified atom stereocenters. The summed E-state index contributed by atoms with van der Waals surface area (Å²) < 4.78 is 55.1. The van der Waals surface area contributed by atoms with Crippen molar-refractivity contribution in [3.8, 4) is 0 Å². The highest BCUT2D eigenvalue weighted by Crippen LogP contribution is 2.25. The first kappa shape index (κ1) is 28.2. The van der Waals surface area contributed by atoms with Gasteiger partial charge in [-0.1, -0.05) is 12.1 Å². The molecule has 202 valence electrons. The lowest BCUT2D eigenvalue weighted by Gasteiger charge is -2.20. The number of hydrogen-bond donors (Lipinski definition) is 2. The van der Waals surface area contributed by atoms with Crippen molar-refractivity contribution in [2.45, 2.75) is 21.6 Å². The summed E-state index contributed by atoms with van der Waals surface area (Å²) in [6, 6.07) is 25.6. The molecule has 0 spiro atoms. The maximum absolute atomic E-state index is 13.0. The first-order chi connectivity index (χ1) is 18.5. The fraction of sp³-hybridized carbons (Fsp3) is 0.107. The van der Waals surface area contributed by atoms with Crippen molar-refractivity contribution in [1.82, 2.24) is 0 Å². The van der Waals surface area contributed by atoms with E-state index in [0.717, 1.165) is 14.8 Å². The maximum atomic E-state index is 13.0. The predicted octanol–water partition coefficient (Wildman–Crippen LogP) is 5.60. The van der Waals surface area contributed by atoms with Gasteiger partial charge in [-0.15, -0.1) is 11.8 Å². The lowest BCUT2D eigenvalue weighted by molar-refractivity contribution is 0.102. The lowest BCUT2D eigenvalue weighted by Crippen LogP contribution is -2.26. The fourth-order valence-electron chi connectivity index (χ4n) is 3.71. The molecule has 0 bridgehead atoms. The largest absolute Gasteiger partial charge is 0.322 e. The minimum atomic E-state index is -3.79. The van der Waals surface area contributed by atoms with Crippen LogP contribution in [0.2, 0.25) is 0 Å². The third-order valence-corrected chi connectivity index (χ3v) is 9.84. The van der Waals surface area contributed by atoms with E-state index in [1.807, 2.05) is 19.2 Å². The smallest absolute Gasteiger partial charge is 0.264 e. The second-order valence-corrected chi connectivity index (χ2v) is 13.2. The van der Waals surface area contributed by atoms with Gasteiger partial charge in [-0.3, -0.25) is 13.8 Å². The Hall–Kier alpha value is -3.80. The number of thioether (sulfide) groups is 1. The number of amides is 1. The van der Waals surface area contributed by atoms with Gasteiger partial charge in [0.1, 0.15) is 0 Å². The Bertz CT molecular complexity index is 1690. The summed E-state index contributed by atoms with van der Waals surface area (Å²) in [5.74, 6) is -0.423. The molecular formula is C28H27N3O5S3. The van der Waals surface area contributed by atoms with E-state index in [4.69, 9.17) is 0 Å². The van der Waals surface area contributed by atoms with Gasteiger partial charge in [0.25, 0.3) is 26.0 Å². The topological polar surface area (TPSA) is 113 Å². The highest BCUT2D eigenvalue weighted by Gasteiger charge is 2.21. The van der Waals surface area contributed by atoms with Crippen LogP contribution in [0.4, 0.5) is 17.1 Å². The number of carbonyl (C=O) groups excluding carboxylic acids is 1. The average Bonchev–Trinajstić information content (AvgIpc) is 2.93. The van der Waals surface area contributed by atoms with Crippen LogP contribution >= 0.6 is 11.8 Å². The van der Waals surface area contributed by atoms with Crippen molar-refractivity contribution in [2.24, 2.45) is 0 Å². The van der Waals surface area contributed by atoms with Gasteiger partial charge < -0.3 is 5.32 Å². The summed E-state index contributed by atoms with van der Waals surface area (Å²) in [4.78, 5) is 13.9. The van der Waals surface area contributed by atoms with Gasteiger partial charge in [0.05, 0.1) is 15.5 Å². The van der Waals surface area contributed by atoms with Crippen molar-refractivity contribution in [3.63, 3.8) is 0 Å². The standard InChI is InChI=1S/C28H27N3O5S3/c1-20-5-4-6-23(19-20)30-38(33,34)26-15-9-22(10-16-26)29-28(32)21-7-11-24(12-8-21)31(2)39(35,36)27-17-13-25(37-3)14-18-27/h4-19,30H,1-3H3,(H,29,32). The molecule has 0 heterocycles. The molecule has 0 aromatic heterocycles. The minimum absolute atomic E-state index is 0.0543. The van der Waals surface area contributed by atoms with Gasteiger partial charge in [-0.05, 0) is 104 Å². The molecule has 4 rings (SSSR count). The van der Waals surface area contributed by atoms with Crippen LogP contribution in [0, 0.1) is 6.92 Å². The summed E-state index contributed by atoms with van der Waals surface area (Å²) in [6.07, 6.45) is 1.91. The second kappa shape index (κ2) is 11.5. The summed E-state index contributed by atoms with van der Waals surface area (Å²) in [5.41, 5.74) is 2.51. The monoisotopic (exact) mass is 581 g/mol. The predicted molar refractivity (Wildman–Crippen MR) is 157 cm³/mol. The van der Waals surface area contributed by atoms with Gasteiger partial charge in [-0.25, -0.2) is 16.8 Å². The quantitative estimate of drug-likeness (QED) is 0.249. The molecule has 0 aliphatic carbocycles. The molecule has 0 saturated heterocycles. The Kier molecular flexibility index (Phi) is 8.34. The lowest BCUT2D eigenvalue weighted by atomic mass is 10.2. The Balaban J connectivity index is 1.42. The maximum Gasteiger partial charge on any atom is 0.264 e. The molecule has 0 radical (unpaired) electrons. The summed E-state index contributed by atoms with van der Waals surface area (Å²) in [6.45, 7) is 1.87. The van der Waals surface area contributed by atoms with E-state index in [0.29, 0.717) is 22.6 Å². The Labute approximate surface area is 233 Å². The van der Waals surface area contributed by atoms with Crippen molar-refractivity contribution in [1.29, 1.82) is 0 Å². The average molecular weight is 582 g/mol. The molecule has 0 atom stereocenters. The highest BCUT2D eigenvalue weighted by molar-refractivity contribution is 7.98. The van der Waals surface area contributed by atoms with Crippen LogP contribution in [0.3, 0.4) is 0 Å². The highest BCUT2D eigenvalue weighted by atomic mass is 32.2. The molecule has 0 aliphatic heterocycles. The third kappa shape index (κ3) is 6.62. The van der Waals surface area contributed by atoms with Crippen LogP contribution in [-0.4, -0.2) is 36.0 Å². The van der Waals surface area contributed by atoms with E-state index in [-0.39, 0.29) is 9.79 Å². The van der Waals surface area contributed by atoms with E-state index < -0.39 is 26.0 Å². The number of anilines is 3. The first-order valence-electron chi connectivity index (χ1n) is 11.7. The fourth-order valence-corrected chi connectivity index (χ4v) is 6.36. The van der Waals surface area contributed by atoms with Crippen LogP contribution in [0.5, 0.6) is 0 Å². The third-order valence-electron chi connectivity index (χ3n) is 5.90. The zero-order chi connectivity index (χ0) is 28.2. The van der Waals surface area contributed by atoms with Gasteiger partial charge in [-0.2, -0.15) is 0 Å².